The van der Waals surface area contributed by atoms with E-state index in [9.17, 15) is 0 Å². The summed E-state index contributed by atoms with van der Waals surface area (Å²) in [6, 6.07) is 12.6. The number of nitrogens with zero attached hydrogens (tertiary/aromatic N) is 2. The van der Waals surface area contributed by atoms with Gasteiger partial charge in [0, 0.05) is 31.2 Å². The molecule has 160 valence electrons. The number of ether oxygens (including phenoxy) is 2. The Bertz CT molecular complexity index is 702. The highest BCUT2D eigenvalue weighted by Crippen LogP contribution is 2.22. The van der Waals surface area contributed by atoms with E-state index >= 15 is 0 Å². The van der Waals surface area contributed by atoms with Gasteiger partial charge in [-0.05, 0) is 56.6 Å². The summed E-state index contributed by atoms with van der Waals surface area (Å²) in [4.78, 5) is 8.35. The fourth-order valence-electron chi connectivity index (χ4n) is 2.81. The van der Waals surface area contributed by atoms with Gasteiger partial charge in [-0.2, -0.15) is 0 Å². The minimum Gasteiger partial charge on any atom is -0.497 e. The first-order valence-electron chi connectivity index (χ1n) is 10.1. The molecule has 1 aromatic carbocycles. The summed E-state index contributed by atoms with van der Waals surface area (Å²) >= 11 is 1.78. The average Bonchev–Trinajstić information content (AvgIpc) is 3.26. The lowest BCUT2D eigenvalue weighted by atomic mass is 10.2. The van der Waals surface area contributed by atoms with Crippen LogP contribution in [-0.2, 0) is 11.3 Å². The van der Waals surface area contributed by atoms with Crippen LogP contribution in [0.4, 0.5) is 0 Å². The Morgan fingerprint density at radius 3 is 2.59 bits per heavy atom. The molecule has 0 saturated heterocycles. The molecular formula is C22H34N4O2S. The van der Waals surface area contributed by atoms with Crippen LogP contribution in [0.5, 0.6) is 5.75 Å². The maximum absolute atomic E-state index is 5.43. The fourth-order valence-corrected chi connectivity index (χ4v) is 3.74. The number of aliphatic imine (C=N–C) groups is 1. The summed E-state index contributed by atoms with van der Waals surface area (Å²) in [5.74, 6) is 1.68. The summed E-state index contributed by atoms with van der Waals surface area (Å²) in [7, 11) is 5.89. The largest absolute Gasteiger partial charge is 0.497 e. The third-order valence-corrected chi connectivity index (χ3v) is 5.47. The number of nitrogens with one attached hydrogen (secondary N) is 2. The van der Waals surface area contributed by atoms with Crippen molar-refractivity contribution in [3.63, 3.8) is 0 Å². The van der Waals surface area contributed by atoms with Crippen LogP contribution in [0.3, 0.4) is 0 Å². The zero-order valence-electron chi connectivity index (χ0n) is 18.0. The van der Waals surface area contributed by atoms with Gasteiger partial charge in [-0.1, -0.05) is 18.2 Å². The van der Waals surface area contributed by atoms with Gasteiger partial charge in [0.1, 0.15) is 5.75 Å². The number of hydrogen-bond acceptors (Lipinski definition) is 5. The molecule has 0 fully saturated rings. The molecule has 2 aromatic rings. The van der Waals surface area contributed by atoms with Gasteiger partial charge in [-0.15, -0.1) is 11.3 Å². The van der Waals surface area contributed by atoms with Crippen LogP contribution in [0.1, 0.15) is 29.8 Å². The first kappa shape index (κ1) is 23.2. The number of rotatable bonds is 12. The third kappa shape index (κ3) is 8.43. The maximum Gasteiger partial charge on any atom is 0.191 e. The van der Waals surface area contributed by atoms with Crippen molar-refractivity contribution >= 4 is 17.3 Å². The quantitative estimate of drug-likeness (QED) is 0.314. The lowest BCUT2D eigenvalue weighted by Gasteiger charge is -2.24. The Balaban J connectivity index is 1.98. The molecule has 0 aliphatic carbocycles. The molecule has 2 rings (SSSR count). The van der Waals surface area contributed by atoms with Crippen LogP contribution in [0.15, 0.2) is 46.8 Å². The van der Waals surface area contributed by atoms with Crippen molar-refractivity contribution in [1.82, 2.24) is 15.5 Å². The molecule has 0 saturated carbocycles. The summed E-state index contributed by atoms with van der Waals surface area (Å²) in [5.41, 5.74) is 1.14. The van der Waals surface area contributed by atoms with Crippen LogP contribution in [0, 0.1) is 0 Å². The first-order valence-corrected chi connectivity index (χ1v) is 10.9. The van der Waals surface area contributed by atoms with Crippen molar-refractivity contribution in [2.75, 3.05) is 47.5 Å². The van der Waals surface area contributed by atoms with Gasteiger partial charge in [0.05, 0.1) is 19.7 Å². The van der Waals surface area contributed by atoms with Crippen molar-refractivity contribution in [2.45, 2.75) is 25.9 Å². The van der Waals surface area contributed by atoms with E-state index in [-0.39, 0.29) is 0 Å². The number of likely N-dealkylation sites (N-methyl/N-ethyl adjacent to an activating group) is 1. The van der Waals surface area contributed by atoms with Gasteiger partial charge < -0.3 is 25.0 Å². The molecule has 1 heterocycles. The number of guanidine groups is 1. The van der Waals surface area contributed by atoms with Crippen molar-refractivity contribution < 1.29 is 9.47 Å². The highest BCUT2D eigenvalue weighted by atomic mass is 32.1. The Morgan fingerprint density at radius 1 is 1.17 bits per heavy atom. The van der Waals surface area contributed by atoms with E-state index in [0.29, 0.717) is 12.6 Å². The summed E-state index contributed by atoms with van der Waals surface area (Å²) in [6.07, 6.45) is 0.944. The molecule has 0 amide bonds. The first-order chi connectivity index (χ1) is 14.1. The lowest BCUT2D eigenvalue weighted by Crippen LogP contribution is -2.42. The Kier molecular flexibility index (Phi) is 10.5. The van der Waals surface area contributed by atoms with Crippen LogP contribution in [0.25, 0.3) is 0 Å². The molecule has 0 bridgehead atoms. The summed E-state index contributed by atoms with van der Waals surface area (Å²) in [5, 5.41) is 9.06. The minimum absolute atomic E-state index is 0.298. The molecule has 0 aliphatic rings. The van der Waals surface area contributed by atoms with Crippen molar-refractivity contribution in [3.8, 4) is 5.75 Å². The Labute approximate surface area is 178 Å². The van der Waals surface area contributed by atoms with E-state index in [1.807, 2.05) is 31.2 Å². The SMILES string of the molecule is CCOCCCNC(=NCc1ccc(OC)cc1)NCC(c1cccs1)N(C)C. The van der Waals surface area contributed by atoms with Crippen LogP contribution < -0.4 is 15.4 Å². The van der Waals surface area contributed by atoms with E-state index in [2.05, 4.69) is 47.1 Å². The summed E-state index contributed by atoms with van der Waals surface area (Å²) < 4.78 is 10.7. The standard InChI is InChI=1S/C22H34N4O2S/c1-5-28-14-7-13-23-22(24-16-18-9-11-19(27-4)12-10-18)25-17-20(26(2)3)21-8-6-15-29-21/h6,8-12,15,20H,5,7,13-14,16-17H2,1-4H3,(H2,23,24,25). The van der Waals surface area contributed by atoms with Gasteiger partial charge in [-0.3, -0.25) is 0 Å². The lowest BCUT2D eigenvalue weighted by molar-refractivity contribution is 0.145. The second-order valence-corrected chi connectivity index (χ2v) is 7.85. The number of hydrogen-bond donors (Lipinski definition) is 2. The molecule has 29 heavy (non-hydrogen) atoms. The van der Waals surface area contributed by atoms with Crippen molar-refractivity contribution in [3.05, 3.63) is 52.2 Å². The van der Waals surface area contributed by atoms with Crippen molar-refractivity contribution in [1.29, 1.82) is 0 Å². The summed E-state index contributed by atoms with van der Waals surface area (Å²) in [6.45, 7) is 5.74. The van der Waals surface area contributed by atoms with Gasteiger partial charge in [0.25, 0.3) is 0 Å². The highest BCUT2D eigenvalue weighted by molar-refractivity contribution is 7.10. The minimum atomic E-state index is 0.298. The predicted molar refractivity (Wildman–Crippen MR) is 122 cm³/mol. The van der Waals surface area contributed by atoms with Gasteiger partial charge >= 0.3 is 0 Å². The number of benzene rings is 1. The number of thiophene rings is 1. The molecule has 6 nitrogen and oxygen atoms in total. The molecule has 7 heteroatoms. The van der Waals surface area contributed by atoms with E-state index < -0.39 is 0 Å². The average molecular weight is 419 g/mol. The van der Waals surface area contributed by atoms with Gasteiger partial charge in [0.15, 0.2) is 5.96 Å². The Hall–Kier alpha value is -2.09. The van der Waals surface area contributed by atoms with E-state index in [0.717, 1.165) is 50.0 Å². The normalized spacial score (nSPS) is 12.8. The van der Waals surface area contributed by atoms with Gasteiger partial charge in [0.2, 0.25) is 0 Å². The molecule has 0 radical (unpaired) electrons. The molecular weight excluding hydrogens is 384 g/mol. The molecule has 0 spiro atoms. The second-order valence-electron chi connectivity index (χ2n) is 6.87. The zero-order chi connectivity index (χ0) is 20.9. The molecule has 1 unspecified atom stereocenters. The maximum atomic E-state index is 5.43. The smallest absolute Gasteiger partial charge is 0.191 e. The monoisotopic (exact) mass is 418 g/mol. The second kappa shape index (κ2) is 13.2. The molecule has 2 N–H and O–H groups in total. The van der Waals surface area contributed by atoms with Gasteiger partial charge in [-0.25, -0.2) is 4.99 Å². The van der Waals surface area contributed by atoms with E-state index in [1.54, 1.807) is 18.4 Å². The third-order valence-electron chi connectivity index (χ3n) is 4.50. The van der Waals surface area contributed by atoms with Crippen LogP contribution in [0.2, 0.25) is 0 Å². The highest BCUT2D eigenvalue weighted by Gasteiger charge is 2.15. The molecule has 1 aromatic heterocycles. The van der Waals surface area contributed by atoms with E-state index in [1.165, 1.54) is 4.88 Å². The van der Waals surface area contributed by atoms with Crippen LogP contribution >= 0.6 is 11.3 Å². The molecule has 1 atom stereocenters. The predicted octanol–water partition coefficient (Wildman–Crippen LogP) is 3.52. The molecule has 0 aliphatic heterocycles. The fraction of sp³-hybridized carbons (Fsp3) is 0.500. The Morgan fingerprint density at radius 2 is 1.97 bits per heavy atom. The number of methoxy groups -OCH3 is 1. The topological polar surface area (TPSA) is 58.1 Å². The van der Waals surface area contributed by atoms with Crippen molar-refractivity contribution in [2.24, 2.45) is 4.99 Å². The van der Waals surface area contributed by atoms with Crippen LogP contribution in [-0.4, -0.2) is 58.4 Å². The zero-order valence-corrected chi connectivity index (χ0v) is 18.8. The van der Waals surface area contributed by atoms with E-state index in [4.69, 9.17) is 14.5 Å².